The van der Waals surface area contributed by atoms with Crippen molar-refractivity contribution in [1.82, 2.24) is 5.32 Å². The molecule has 0 saturated carbocycles. The van der Waals surface area contributed by atoms with Crippen molar-refractivity contribution in [1.29, 1.82) is 0 Å². The van der Waals surface area contributed by atoms with Gasteiger partial charge in [0.1, 0.15) is 0 Å². The Hall–Kier alpha value is -0.220. The number of nitrogens with one attached hydrogen (secondary N) is 1. The van der Waals surface area contributed by atoms with E-state index < -0.39 is 0 Å². The number of halogens is 1. The van der Waals surface area contributed by atoms with E-state index >= 15 is 0 Å². The van der Waals surface area contributed by atoms with Crippen LogP contribution in [0.2, 0.25) is 0 Å². The molecule has 1 rings (SSSR count). The van der Waals surface area contributed by atoms with E-state index in [2.05, 4.69) is 10.3 Å². The number of carbonyl (C=O) groups is 1. The fourth-order valence-electron chi connectivity index (χ4n) is 0.660. The normalized spacial score (nSPS) is 15.9. The Kier molecular flexibility index (Phi) is 3.72. The summed E-state index contributed by atoms with van der Waals surface area (Å²) in [4.78, 5) is 14.8. The molecule has 0 aromatic heterocycles. The lowest BCUT2D eigenvalue weighted by Crippen LogP contribution is -2.17. The van der Waals surface area contributed by atoms with Crippen molar-refractivity contribution < 1.29 is 4.79 Å². The van der Waals surface area contributed by atoms with E-state index in [4.69, 9.17) is 11.6 Å². The molecule has 0 unspecified atom stereocenters. The first-order chi connectivity index (χ1) is 5.33. The maximum absolute atomic E-state index is 10.7. The van der Waals surface area contributed by atoms with Gasteiger partial charge in [-0.15, -0.1) is 11.6 Å². The average Bonchev–Trinajstić information content (AvgIpc) is 2.52. The molecular weight excluding hydrogens is 184 g/mol. The highest BCUT2D eigenvalue weighted by Crippen LogP contribution is 2.05. The fourth-order valence-corrected chi connectivity index (χ4v) is 1.65. The van der Waals surface area contributed by atoms with E-state index in [0.717, 1.165) is 18.3 Å². The molecule has 62 valence electrons. The average molecular weight is 193 g/mol. The van der Waals surface area contributed by atoms with E-state index in [1.165, 1.54) is 11.8 Å². The minimum absolute atomic E-state index is 0.0491. The summed E-state index contributed by atoms with van der Waals surface area (Å²) in [6.45, 7) is 1.70. The minimum atomic E-state index is 0.0491. The van der Waals surface area contributed by atoms with Crippen LogP contribution in [0.4, 0.5) is 0 Å². The lowest BCUT2D eigenvalue weighted by atomic mass is 10.5. The number of hydrogen-bond donors (Lipinski definition) is 1. The van der Waals surface area contributed by atoms with Crippen molar-refractivity contribution in [2.75, 3.05) is 24.7 Å². The third kappa shape index (κ3) is 3.12. The van der Waals surface area contributed by atoms with Crippen molar-refractivity contribution in [3.8, 4) is 0 Å². The summed E-state index contributed by atoms with van der Waals surface area (Å²) in [5, 5.41) is 3.92. The zero-order chi connectivity index (χ0) is 8.10. The molecule has 0 saturated heterocycles. The number of Topliss-reactive ketones (excluding diaryl/α,β-unsaturated/α-hetero) is 1. The SMILES string of the molecule is O=C(CCl)CSC1=NCCN1. The molecule has 1 N–H and O–H groups in total. The van der Waals surface area contributed by atoms with E-state index in [1.54, 1.807) is 0 Å². The Morgan fingerprint density at radius 1 is 1.82 bits per heavy atom. The van der Waals surface area contributed by atoms with Crippen LogP contribution in [0.25, 0.3) is 0 Å². The number of carbonyl (C=O) groups excluding carboxylic acids is 1. The Labute approximate surface area is 74.6 Å². The van der Waals surface area contributed by atoms with Gasteiger partial charge in [-0.25, -0.2) is 0 Å². The van der Waals surface area contributed by atoms with Gasteiger partial charge in [0.15, 0.2) is 11.0 Å². The van der Waals surface area contributed by atoms with Crippen LogP contribution in [0.3, 0.4) is 0 Å². The quantitative estimate of drug-likeness (QED) is 0.662. The highest BCUT2D eigenvalue weighted by Gasteiger charge is 2.07. The van der Waals surface area contributed by atoms with Crippen molar-refractivity contribution in [2.24, 2.45) is 4.99 Å². The first kappa shape index (κ1) is 8.87. The summed E-state index contributed by atoms with van der Waals surface area (Å²) in [5.41, 5.74) is 0. The number of alkyl halides is 1. The molecule has 0 amide bonds. The van der Waals surface area contributed by atoms with Crippen LogP contribution < -0.4 is 5.32 Å². The Balaban J connectivity index is 2.16. The van der Waals surface area contributed by atoms with Crippen molar-refractivity contribution in [2.45, 2.75) is 0 Å². The monoisotopic (exact) mass is 192 g/mol. The number of rotatable bonds is 3. The maximum atomic E-state index is 10.7. The van der Waals surface area contributed by atoms with E-state index in [0.29, 0.717) is 5.75 Å². The maximum Gasteiger partial charge on any atom is 0.157 e. The van der Waals surface area contributed by atoms with Crippen LogP contribution in [-0.2, 0) is 4.79 Å². The van der Waals surface area contributed by atoms with Gasteiger partial charge in [0.05, 0.1) is 18.2 Å². The number of hydrogen-bond acceptors (Lipinski definition) is 4. The zero-order valence-corrected chi connectivity index (χ0v) is 7.54. The largest absolute Gasteiger partial charge is 0.363 e. The summed E-state index contributed by atoms with van der Waals surface area (Å²) in [6.07, 6.45) is 0. The first-order valence-electron chi connectivity index (χ1n) is 3.31. The van der Waals surface area contributed by atoms with E-state index in [1.807, 2.05) is 0 Å². The molecule has 0 spiro atoms. The molecule has 1 aliphatic heterocycles. The number of ketones is 1. The number of amidine groups is 1. The molecule has 0 atom stereocenters. The van der Waals surface area contributed by atoms with Crippen LogP contribution in [0.15, 0.2) is 4.99 Å². The summed E-state index contributed by atoms with van der Waals surface area (Å²) in [6, 6.07) is 0. The molecule has 0 fully saturated rings. The van der Waals surface area contributed by atoms with Crippen LogP contribution in [-0.4, -0.2) is 35.7 Å². The second kappa shape index (κ2) is 4.62. The molecular formula is C6H9ClN2OS. The third-order valence-electron chi connectivity index (χ3n) is 1.16. The van der Waals surface area contributed by atoms with Crippen molar-refractivity contribution in [3.63, 3.8) is 0 Å². The van der Waals surface area contributed by atoms with Gasteiger partial charge in [-0.3, -0.25) is 9.79 Å². The third-order valence-corrected chi connectivity index (χ3v) is 2.47. The Morgan fingerprint density at radius 3 is 3.18 bits per heavy atom. The molecule has 0 aliphatic carbocycles. The molecule has 0 aromatic rings. The van der Waals surface area contributed by atoms with Gasteiger partial charge < -0.3 is 5.32 Å². The van der Waals surface area contributed by atoms with Crippen LogP contribution >= 0.6 is 23.4 Å². The summed E-state index contributed by atoms with van der Waals surface area (Å²) >= 11 is 6.74. The molecule has 11 heavy (non-hydrogen) atoms. The number of nitrogens with zero attached hydrogens (tertiary/aromatic N) is 1. The van der Waals surface area contributed by atoms with Gasteiger partial charge in [0.2, 0.25) is 0 Å². The van der Waals surface area contributed by atoms with E-state index in [-0.39, 0.29) is 11.7 Å². The molecule has 0 radical (unpaired) electrons. The van der Waals surface area contributed by atoms with Gasteiger partial charge >= 0.3 is 0 Å². The highest BCUT2D eigenvalue weighted by molar-refractivity contribution is 8.14. The zero-order valence-electron chi connectivity index (χ0n) is 5.97. The van der Waals surface area contributed by atoms with E-state index in [9.17, 15) is 4.79 Å². The molecule has 3 nitrogen and oxygen atoms in total. The highest BCUT2D eigenvalue weighted by atomic mass is 35.5. The topological polar surface area (TPSA) is 41.5 Å². The molecule has 5 heteroatoms. The summed E-state index contributed by atoms with van der Waals surface area (Å²) in [7, 11) is 0. The van der Waals surface area contributed by atoms with Crippen LogP contribution in [0, 0.1) is 0 Å². The fraction of sp³-hybridized carbons (Fsp3) is 0.667. The molecule has 0 bridgehead atoms. The standard InChI is InChI=1S/C6H9ClN2OS/c7-3-5(10)4-11-6-8-1-2-9-6/h1-4H2,(H,8,9). The predicted octanol–water partition coefficient (Wildman–Crippen LogP) is 0.487. The van der Waals surface area contributed by atoms with Gasteiger partial charge in [0, 0.05) is 6.54 Å². The first-order valence-corrected chi connectivity index (χ1v) is 4.83. The second-order valence-electron chi connectivity index (χ2n) is 2.07. The minimum Gasteiger partial charge on any atom is -0.363 e. The van der Waals surface area contributed by atoms with Gasteiger partial charge in [-0.1, -0.05) is 11.8 Å². The Morgan fingerprint density at radius 2 is 2.64 bits per heavy atom. The van der Waals surface area contributed by atoms with Gasteiger partial charge in [0.25, 0.3) is 0 Å². The molecule has 0 aromatic carbocycles. The lowest BCUT2D eigenvalue weighted by molar-refractivity contribution is -0.114. The summed E-state index contributed by atoms with van der Waals surface area (Å²) < 4.78 is 0. The second-order valence-corrected chi connectivity index (χ2v) is 3.31. The molecule has 1 heterocycles. The predicted molar refractivity (Wildman–Crippen MR) is 48.5 cm³/mol. The van der Waals surface area contributed by atoms with Crippen molar-refractivity contribution >= 4 is 34.3 Å². The van der Waals surface area contributed by atoms with Crippen molar-refractivity contribution in [3.05, 3.63) is 0 Å². The Bertz CT molecular complexity index is 183. The lowest BCUT2D eigenvalue weighted by Gasteiger charge is -1.98. The number of thioether (sulfide) groups is 1. The smallest absolute Gasteiger partial charge is 0.157 e. The van der Waals surface area contributed by atoms with Crippen LogP contribution in [0.5, 0.6) is 0 Å². The number of aliphatic imine (C=N–C) groups is 1. The summed E-state index contributed by atoms with van der Waals surface area (Å²) in [5.74, 6) is 0.573. The van der Waals surface area contributed by atoms with Gasteiger partial charge in [-0.05, 0) is 0 Å². The van der Waals surface area contributed by atoms with Crippen LogP contribution in [0.1, 0.15) is 0 Å². The molecule has 1 aliphatic rings. The van der Waals surface area contributed by atoms with Gasteiger partial charge in [-0.2, -0.15) is 0 Å².